The molecule has 1 aromatic carbocycles. The van der Waals surface area contributed by atoms with Gasteiger partial charge in [-0.1, -0.05) is 52.8 Å². The summed E-state index contributed by atoms with van der Waals surface area (Å²) >= 11 is 3.90. The van der Waals surface area contributed by atoms with Crippen LogP contribution in [0.25, 0.3) is 11.3 Å². The summed E-state index contributed by atoms with van der Waals surface area (Å²) < 4.78 is 11.9. The van der Waals surface area contributed by atoms with E-state index in [1.807, 2.05) is 41.7 Å². The third-order valence-electron chi connectivity index (χ3n) is 6.31. The van der Waals surface area contributed by atoms with E-state index < -0.39 is 42.9 Å². The molecule has 19 heteroatoms. The molecular weight excluding hydrogens is 681 g/mol. The lowest BCUT2D eigenvalue weighted by Crippen LogP contribution is -2.71. The Bertz CT molecular complexity index is 1730. The summed E-state index contributed by atoms with van der Waals surface area (Å²) in [4.78, 5) is 76.9. The predicted octanol–water partition coefficient (Wildman–Crippen LogP) is 2.90. The SMILES string of the molecule is CC(=O)O.CO/N=C(/C(=O)N[C@@H]1C(=O)N2C(C(=O)O)=C(Sc3nc(-c4ccc(C)cc4)cs3)CSC12)C1=CC(NP(=O)(O)O)=CC1. The molecule has 0 bridgehead atoms. The van der Waals surface area contributed by atoms with Gasteiger partial charge in [0.2, 0.25) is 0 Å². The van der Waals surface area contributed by atoms with Crippen molar-refractivity contribution in [1.82, 2.24) is 20.3 Å². The van der Waals surface area contributed by atoms with Crippen LogP contribution in [0.4, 0.5) is 0 Å². The van der Waals surface area contributed by atoms with Crippen molar-refractivity contribution in [3.8, 4) is 11.3 Å². The van der Waals surface area contributed by atoms with Crippen molar-refractivity contribution in [1.29, 1.82) is 0 Å². The third kappa shape index (κ3) is 8.45. The Morgan fingerprint density at radius 1 is 1.20 bits per heavy atom. The molecular formula is C27H28N5O10PS3. The van der Waals surface area contributed by atoms with Gasteiger partial charge in [-0.2, -0.15) is 0 Å². The fraction of sp³-hybridized carbons (Fsp3) is 0.259. The lowest BCUT2D eigenvalue weighted by atomic mass is 10.0. The smallest absolute Gasteiger partial charge is 0.427 e. The Labute approximate surface area is 274 Å². The number of oxime groups is 1. The average molecular weight is 710 g/mol. The summed E-state index contributed by atoms with van der Waals surface area (Å²) in [7, 11) is -3.33. The van der Waals surface area contributed by atoms with E-state index in [2.05, 4.69) is 15.5 Å². The molecule has 2 amide bonds. The van der Waals surface area contributed by atoms with Crippen LogP contribution in [0.15, 0.2) is 73.2 Å². The van der Waals surface area contributed by atoms with Crippen LogP contribution in [0.5, 0.6) is 0 Å². The number of allylic oxidation sites excluding steroid dienone is 2. The Balaban J connectivity index is 0.00000113. The van der Waals surface area contributed by atoms with Crippen molar-refractivity contribution in [2.24, 2.45) is 5.16 Å². The van der Waals surface area contributed by atoms with Crippen LogP contribution in [0, 0.1) is 6.92 Å². The van der Waals surface area contributed by atoms with Gasteiger partial charge in [0.15, 0.2) is 10.1 Å². The van der Waals surface area contributed by atoms with E-state index in [0.717, 1.165) is 23.7 Å². The van der Waals surface area contributed by atoms with Gasteiger partial charge < -0.3 is 30.2 Å². The summed E-state index contributed by atoms with van der Waals surface area (Å²) in [5, 5.41) is 27.1. The van der Waals surface area contributed by atoms with E-state index in [1.165, 1.54) is 59.0 Å². The molecule has 0 saturated carbocycles. The minimum Gasteiger partial charge on any atom is -0.481 e. The maximum Gasteiger partial charge on any atom is 0.427 e. The summed E-state index contributed by atoms with van der Waals surface area (Å²) in [5.41, 5.74) is 2.94. The van der Waals surface area contributed by atoms with Crippen molar-refractivity contribution in [2.75, 3.05) is 12.9 Å². The lowest BCUT2D eigenvalue weighted by Gasteiger charge is -2.49. The Morgan fingerprint density at radius 2 is 1.87 bits per heavy atom. The zero-order chi connectivity index (χ0) is 33.8. The Kier molecular flexibility index (Phi) is 11.1. The van der Waals surface area contributed by atoms with Crippen LogP contribution in [0.2, 0.25) is 0 Å². The maximum atomic E-state index is 13.2. The number of benzene rings is 1. The van der Waals surface area contributed by atoms with E-state index >= 15 is 0 Å². The van der Waals surface area contributed by atoms with E-state index in [9.17, 15) is 24.1 Å². The topological polar surface area (TPSA) is 228 Å². The Morgan fingerprint density at radius 3 is 2.48 bits per heavy atom. The zero-order valence-electron chi connectivity index (χ0n) is 24.4. The van der Waals surface area contributed by atoms with Crippen LogP contribution in [-0.2, 0) is 28.6 Å². The maximum absolute atomic E-state index is 13.2. The largest absolute Gasteiger partial charge is 0.481 e. The van der Waals surface area contributed by atoms with Crippen LogP contribution < -0.4 is 10.4 Å². The molecule has 1 unspecified atom stereocenters. The van der Waals surface area contributed by atoms with Crippen molar-refractivity contribution < 1.29 is 48.6 Å². The first-order valence-electron chi connectivity index (χ1n) is 13.2. The molecule has 3 aliphatic rings. The summed E-state index contributed by atoms with van der Waals surface area (Å²) in [6.45, 7) is 3.08. The number of nitrogens with one attached hydrogen (secondary N) is 2. The highest BCUT2D eigenvalue weighted by molar-refractivity contribution is 8.07. The lowest BCUT2D eigenvalue weighted by molar-refractivity contribution is -0.150. The quantitative estimate of drug-likeness (QED) is 0.0903. The van der Waals surface area contributed by atoms with Gasteiger partial charge in [0.25, 0.3) is 17.8 Å². The molecule has 46 heavy (non-hydrogen) atoms. The predicted molar refractivity (Wildman–Crippen MR) is 172 cm³/mol. The average Bonchev–Trinajstić information content (AvgIpc) is 3.63. The first kappa shape index (κ1) is 34.9. The number of thiazole rings is 1. The van der Waals surface area contributed by atoms with Gasteiger partial charge in [-0.25, -0.2) is 14.3 Å². The van der Waals surface area contributed by atoms with E-state index in [1.54, 1.807) is 0 Å². The molecule has 3 heterocycles. The van der Waals surface area contributed by atoms with E-state index in [0.29, 0.717) is 14.8 Å². The van der Waals surface area contributed by atoms with Crippen LogP contribution >= 0.6 is 42.6 Å². The van der Waals surface area contributed by atoms with Gasteiger partial charge in [0, 0.05) is 34.2 Å². The highest BCUT2D eigenvalue weighted by atomic mass is 32.2. The molecule has 5 rings (SSSR count). The summed E-state index contributed by atoms with van der Waals surface area (Å²) in [5.74, 6) is -3.14. The zero-order valence-corrected chi connectivity index (χ0v) is 27.7. The van der Waals surface area contributed by atoms with Gasteiger partial charge in [-0.05, 0) is 25.0 Å². The monoisotopic (exact) mass is 709 g/mol. The number of rotatable bonds is 10. The number of carboxylic acid groups (broad SMARTS) is 2. The molecule has 1 fully saturated rings. The first-order valence-corrected chi connectivity index (χ1v) is 17.5. The number of carbonyl (C=O) groups is 4. The molecule has 2 aliphatic heterocycles. The van der Waals surface area contributed by atoms with Crippen molar-refractivity contribution in [3.05, 3.63) is 69.2 Å². The van der Waals surface area contributed by atoms with Crippen molar-refractivity contribution in [3.63, 3.8) is 0 Å². The third-order valence-corrected chi connectivity index (χ3v) is 10.3. The number of nitrogens with zero attached hydrogens (tertiary/aromatic N) is 3. The fourth-order valence-electron chi connectivity index (χ4n) is 4.42. The normalized spacial score (nSPS) is 19.2. The number of aryl methyl sites for hydroxylation is 1. The number of fused-ring (bicyclic) bond motifs is 1. The molecule has 1 aliphatic carbocycles. The fourth-order valence-corrected chi connectivity index (χ4v) is 8.37. The molecule has 1 saturated heterocycles. The second-order valence-corrected chi connectivity index (χ2v) is 14.4. The first-order chi connectivity index (χ1) is 21.7. The molecule has 0 spiro atoms. The highest BCUT2D eigenvalue weighted by Gasteiger charge is 2.54. The standard InChI is InChI=1S/C25H24N5O8PS3.C2H4O2/c1-12-3-5-13(6-4-12)16-10-41-25(26-16)42-17-11-40-23-19(22(32)30(23)20(17)24(33)34)27-21(31)18(28-38-2)14-7-8-15(9-14)29-39(35,36)37;1-2(3)4/h3-6,8-10,19,23H,7,11H2,1-2H3,(H,27,31)(H,33,34)(H3,29,35,36,37);1H3,(H,3,4)/b28-18+;/t19-,23?;/m1./s1. The molecule has 0 radical (unpaired) electrons. The van der Waals surface area contributed by atoms with Crippen LogP contribution in [-0.4, -0.2) is 83.6 Å². The molecule has 6 N–H and O–H groups in total. The minimum atomic E-state index is -4.55. The molecule has 1 aromatic heterocycles. The Hall–Kier alpha value is -3.93. The summed E-state index contributed by atoms with van der Waals surface area (Å²) in [6.07, 6.45) is 2.95. The van der Waals surface area contributed by atoms with Crippen LogP contribution in [0.1, 0.15) is 18.9 Å². The number of β-lactam (4-membered cyclic amide) rings is 1. The number of aromatic nitrogens is 1. The van der Waals surface area contributed by atoms with Crippen LogP contribution in [0.3, 0.4) is 0 Å². The second-order valence-electron chi connectivity index (χ2n) is 9.74. The minimum absolute atomic E-state index is 0.108. The number of carboxylic acids is 2. The number of carbonyl (C=O) groups excluding carboxylic acids is 2. The van der Waals surface area contributed by atoms with Gasteiger partial charge in [0.05, 0.1) is 5.69 Å². The number of aliphatic carboxylic acids is 2. The van der Waals surface area contributed by atoms with Gasteiger partial charge >= 0.3 is 13.7 Å². The number of thioether (sulfide) groups is 2. The van der Waals surface area contributed by atoms with E-state index in [4.69, 9.17) is 24.5 Å². The molecule has 15 nitrogen and oxygen atoms in total. The van der Waals surface area contributed by atoms with Gasteiger partial charge in [-0.15, -0.1) is 23.1 Å². The molecule has 2 aromatic rings. The molecule has 2 atom stereocenters. The second kappa shape index (κ2) is 14.7. The number of hydrogen-bond donors (Lipinski definition) is 6. The number of hydrogen-bond acceptors (Lipinski definition) is 11. The van der Waals surface area contributed by atoms with Gasteiger partial charge in [-0.3, -0.25) is 24.4 Å². The summed E-state index contributed by atoms with van der Waals surface area (Å²) in [6, 6.07) is 6.90. The molecule has 244 valence electrons. The van der Waals surface area contributed by atoms with Crippen molar-refractivity contribution in [2.45, 2.75) is 36.0 Å². The highest BCUT2D eigenvalue weighted by Crippen LogP contribution is 2.46. The van der Waals surface area contributed by atoms with E-state index in [-0.39, 0.29) is 29.3 Å². The van der Waals surface area contributed by atoms with Gasteiger partial charge in [0.1, 0.15) is 24.2 Å². The van der Waals surface area contributed by atoms with Crippen molar-refractivity contribution >= 4 is 72.1 Å². The number of amides is 2.